The molecular weight excluding hydrogens is 244 g/mol. The molecule has 4 nitrogen and oxygen atoms in total. The van der Waals surface area contributed by atoms with E-state index in [1.807, 2.05) is 24.3 Å². The van der Waals surface area contributed by atoms with Crippen LogP contribution in [0.1, 0.15) is 0 Å². The van der Waals surface area contributed by atoms with Crippen molar-refractivity contribution in [3.8, 4) is 34.1 Å². The molecule has 0 atom stereocenters. The van der Waals surface area contributed by atoms with Crippen LogP contribution in [0.5, 0.6) is 23.0 Å². The maximum absolute atomic E-state index is 9.61. The standard InChI is InChI=1S/C15H16O4/c1-17-11-5-6-12(14(9-11)18-2)10-4-7-13(16)15(8-10)19-3/h4-9,16H,1-3H3. The van der Waals surface area contributed by atoms with Crippen LogP contribution >= 0.6 is 0 Å². The minimum Gasteiger partial charge on any atom is -0.504 e. The summed E-state index contributed by atoms with van der Waals surface area (Å²) in [7, 11) is 4.73. The first-order valence-corrected chi connectivity index (χ1v) is 5.79. The smallest absolute Gasteiger partial charge is 0.161 e. The van der Waals surface area contributed by atoms with Gasteiger partial charge in [0.25, 0.3) is 0 Å². The van der Waals surface area contributed by atoms with Crippen molar-refractivity contribution in [2.75, 3.05) is 21.3 Å². The van der Waals surface area contributed by atoms with Gasteiger partial charge in [0, 0.05) is 11.6 Å². The average Bonchev–Trinajstić information content (AvgIpc) is 2.47. The van der Waals surface area contributed by atoms with E-state index in [9.17, 15) is 5.11 Å². The monoisotopic (exact) mass is 260 g/mol. The van der Waals surface area contributed by atoms with Crippen LogP contribution in [0.25, 0.3) is 11.1 Å². The molecule has 0 heterocycles. The third-order valence-corrected chi connectivity index (χ3v) is 2.90. The summed E-state index contributed by atoms with van der Waals surface area (Å²) in [4.78, 5) is 0. The second kappa shape index (κ2) is 5.52. The van der Waals surface area contributed by atoms with E-state index < -0.39 is 0 Å². The normalized spacial score (nSPS) is 10.1. The van der Waals surface area contributed by atoms with Crippen LogP contribution in [0.4, 0.5) is 0 Å². The van der Waals surface area contributed by atoms with Crippen LogP contribution in [0.2, 0.25) is 0 Å². The molecule has 2 rings (SSSR count). The van der Waals surface area contributed by atoms with Gasteiger partial charge in [-0.05, 0) is 29.8 Å². The van der Waals surface area contributed by atoms with E-state index in [0.29, 0.717) is 11.5 Å². The molecule has 0 unspecified atom stereocenters. The average molecular weight is 260 g/mol. The van der Waals surface area contributed by atoms with Crippen LogP contribution in [0, 0.1) is 0 Å². The number of ether oxygens (including phenoxy) is 3. The Hall–Kier alpha value is -2.36. The quantitative estimate of drug-likeness (QED) is 0.917. The van der Waals surface area contributed by atoms with Gasteiger partial charge in [-0.2, -0.15) is 0 Å². The van der Waals surface area contributed by atoms with Gasteiger partial charge in [0.1, 0.15) is 11.5 Å². The van der Waals surface area contributed by atoms with Crippen molar-refractivity contribution in [3.63, 3.8) is 0 Å². The van der Waals surface area contributed by atoms with Crippen molar-refractivity contribution in [2.24, 2.45) is 0 Å². The summed E-state index contributed by atoms with van der Waals surface area (Å²) in [5, 5.41) is 9.61. The SMILES string of the molecule is COc1ccc(-c2ccc(O)c(OC)c2)c(OC)c1. The van der Waals surface area contributed by atoms with Crippen LogP contribution in [-0.4, -0.2) is 26.4 Å². The van der Waals surface area contributed by atoms with Crippen molar-refractivity contribution in [1.82, 2.24) is 0 Å². The van der Waals surface area contributed by atoms with Gasteiger partial charge in [-0.1, -0.05) is 6.07 Å². The van der Waals surface area contributed by atoms with Gasteiger partial charge in [0.15, 0.2) is 11.5 Å². The predicted molar refractivity (Wildman–Crippen MR) is 73.2 cm³/mol. The Bertz CT molecular complexity index is 578. The van der Waals surface area contributed by atoms with Crippen molar-refractivity contribution >= 4 is 0 Å². The fraction of sp³-hybridized carbons (Fsp3) is 0.200. The van der Waals surface area contributed by atoms with E-state index in [0.717, 1.165) is 16.9 Å². The second-order valence-electron chi connectivity index (χ2n) is 3.95. The molecule has 2 aromatic carbocycles. The van der Waals surface area contributed by atoms with E-state index in [2.05, 4.69) is 0 Å². The van der Waals surface area contributed by atoms with E-state index in [1.54, 1.807) is 26.4 Å². The van der Waals surface area contributed by atoms with Crippen LogP contribution in [0.15, 0.2) is 36.4 Å². The molecule has 0 amide bonds. The third-order valence-electron chi connectivity index (χ3n) is 2.90. The number of benzene rings is 2. The fourth-order valence-electron chi connectivity index (χ4n) is 1.88. The Morgan fingerprint density at radius 2 is 1.53 bits per heavy atom. The number of methoxy groups -OCH3 is 3. The molecule has 0 aliphatic heterocycles. The molecule has 0 aromatic heterocycles. The summed E-state index contributed by atoms with van der Waals surface area (Å²) < 4.78 is 15.6. The van der Waals surface area contributed by atoms with Gasteiger partial charge in [-0.25, -0.2) is 0 Å². The molecule has 19 heavy (non-hydrogen) atoms. The highest BCUT2D eigenvalue weighted by atomic mass is 16.5. The first kappa shape index (κ1) is 13.1. The molecule has 100 valence electrons. The summed E-state index contributed by atoms with van der Waals surface area (Å²) in [5.41, 5.74) is 1.80. The molecule has 0 fully saturated rings. The number of hydrogen-bond donors (Lipinski definition) is 1. The molecule has 0 bridgehead atoms. The highest BCUT2D eigenvalue weighted by Crippen LogP contribution is 2.37. The van der Waals surface area contributed by atoms with Gasteiger partial charge < -0.3 is 19.3 Å². The summed E-state index contributed by atoms with van der Waals surface area (Å²) in [6.07, 6.45) is 0. The Kier molecular flexibility index (Phi) is 3.80. The maximum Gasteiger partial charge on any atom is 0.161 e. The van der Waals surface area contributed by atoms with Crippen molar-refractivity contribution in [1.29, 1.82) is 0 Å². The second-order valence-corrected chi connectivity index (χ2v) is 3.95. The lowest BCUT2D eigenvalue weighted by Gasteiger charge is -2.12. The molecule has 0 saturated carbocycles. The minimum atomic E-state index is 0.110. The summed E-state index contributed by atoms with van der Waals surface area (Å²) in [6, 6.07) is 10.7. The first-order valence-electron chi connectivity index (χ1n) is 5.79. The number of phenolic OH excluding ortho intramolecular Hbond substituents is 1. The topological polar surface area (TPSA) is 47.9 Å². The zero-order valence-corrected chi connectivity index (χ0v) is 11.1. The zero-order valence-electron chi connectivity index (χ0n) is 11.1. The van der Waals surface area contributed by atoms with Gasteiger partial charge in [0.05, 0.1) is 21.3 Å². The molecule has 0 radical (unpaired) electrons. The molecular formula is C15H16O4. The number of rotatable bonds is 4. The fourth-order valence-corrected chi connectivity index (χ4v) is 1.88. The van der Waals surface area contributed by atoms with E-state index >= 15 is 0 Å². The van der Waals surface area contributed by atoms with Crippen molar-refractivity contribution < 1.29 is 19.3 Å². The van der Waals surface area contributed by atoms with Gasteiger partial charge >= 0.3 is 0 Å². The number of hydrogen-bond acceptors (Lipinski definition) is 4. The minimum absolute atomic E-state index is 0.110. The summed E-state index contributed by atoms with van der Waals surface area (Å²) in [6.45, 7) is 0. The van der Waals surface area contributed by atoms with Crippen molar-refractivity contribution in [2.45, 2.75) is 0 Å². The third kappa shape index (κ3) is 2.57. The Morgan fingerprint density at radius 1 is 0.789 bits per heavy atom. The lowest BCUT2D eigenvalue weighted by atomic mass is 10.0. The number of phenols is 1. The lowest BCUT2D eigenvalue weighted by molar-refractivity contribution is 0.373. The molecule has 1 N–H and O–H groups in total. The van der Waals surface area contributed by atoms with Gasteiger partial charge in [-0.15, -0.1) is 0 Å². The largest absolute Gasteiger partial charge is 0.504 e. The first-order chi connectivity index (χ1) is 9.19. The molecule has 0 saturated heterocycles. The van der Waals surface area contributed by atoms with Crippen molar-refractivity contribution in [3.05, 3.63) is 36.4 Å². The zero-order chi connectivity index (χ0) is 13.8. The molecule has 0 aliphatic rings. The predicted octanol–water partition coefficient (Wildman–Crippen LogP) is 3.09. The highest BCUT2D eigenvalue weighted by molar-refractivity contribution is 5.73. The Labute approximate surface area is 112 Å². The summed E-state index contributed by atoms with van der Waals surface area (Å²) in [5.74, 6) is 1.97. The summed E-state index contributed by atoms with van der Waals surface area (Å²) >= 11 is 0. The van der Waals surface area contributed by atoms with E-state index in [-0.39, 0.29) is 5.75 Å². The Balaban J connectivity index is 2.52. The highest BCUT2D eigenvalue weighted by Gasteiger charge is 2.10. The maximum atomic E-state index is 9.61. The van der Waals surface area contributed by atoms with Gasteiger partial charge in [0.2, 0.25) is 0 Å². The lowest BCUT2D eigenvalue weighted by Crippen LogP contribution is -1.91. The number of aromatic hydroxyl groups is 1. The Morgan fingerprint density at radius 3 is 2.16 bits per heavy atom. The van der Waals surface area contributed by atoms with E-state index in [4.69, 9.17) is 14.2 Å². The molecule has 0 aliphatic carbocycles. The molecule has 4 heteroatoms. The molecule has 0 spiro atoms. The van der Waals surface area contributed by atoms with Crippen LogP contribution in [0.3, 0.4) is 0 Å². The van der Waals surface area contributed by atoms with Gasteiger partial charge in [-0.3, -0.25) is 0 Å². The van der Waals surface area contributed by atoms with Crippen LogP contribution in [-0.2, 0) is 0 Å². The molecule has 2 aromatic rings. The van der Waals surface area contributed by atoms with Crippen LogP contribution < -0.4 is 14.2 Å². The van der Waals surface area contributed by atoms with E-state index in [1.165, 1.54) is 7.11 Å².